The van der Waals surface area contributed by atoms with Crippen LogP contribution in [0.3, 0.4) is 0 Å². The molecule has 1 fully saturated rings. The lowest BCUT2D eigenvalue weighted by atomic mass is 9.83. The smallest absolute Gasteiger partial charge is 0.251 e. The second kappa shape index (κ2) is 9.35. The van der Waals surface area contributed by atoms with Gasteiger partial charge in [0.15, 0.2) is 0 Å². The highest BCUT2D eigenvalue weighted by Crippen LogP contribution is 2.25. The van der Waals surface area contributed by atoms with Gasteiger partial charge in [0.2, 0.25) is 5.91 Å². The molecule has 1 saturated carbocycles. The number of hydrogen-bond donors (Lipinski definition) is 3. The van der Waals surface area contributed by atoms with Crippen LogP contribution < -0.4 is 16.4 Å². The Hall–Kier alpha value is -1.89. The maximum Gasteiger partial charge on any atom is 0.251 e. The van der Waals surface area contributed by atoms with Gasteiger partial charge in [-0.3, -0.25) is 9.59 Å². The minimum absolute atomic E-state index is 0.0844. The van der Waals surface area contributed by atoms with Crippen LogP contribution in [0, 0.1) is 5.92 Å². The standard InChI is InChI=1S/C20H24ClN3O2S/c21-15-7-5-14(6-8-15)19(25)23-17-4-2-1-3-16(17)20(26)24-18(22)11-13-9-10-27-12-13/h5-10,12,16-18H,1-4,11,22H2,(H,23,25)(H,24,26)/t16?,17?,18-/m0/s1. The van der Waals surface area contributed by atoms with Crippen molar-refractivity contribution in [2.45, 2.75) is 44.3 Å². The summed E-state index contributed by atoms with van der Waals surface area (Å²) < 4.78 is 0. The molecule has 0 saturated heterocycles. The number of nitrogens with two attached hydrogens (primary N) is 1. The predicted octanol–water partition coefficient (Wildman–Crippen LogP) is 3.33. The molecular formula is C20H24ClN3O2S. The molecule has 1 aliphatic carbocycles. The van der Waals surface area contributed by atoms with Gasteiger partial charge in [-0.1, -0.05) is 24.4 Å². The maximum atomic E-state index is 12.8. The Kier molecular flexibility index (Phi) is 6.88. The highest BCUT2D eigenvalue weighted by molar-refractivity contribution is 7.07. The lowest BCUT2D eigenvalue weighted by Crippen LogP contribution is -2.52. The van der Waals surface area contributed by atoms with E-state index < -0.39 is 6.17 Å². The SMILES string of the molecule is N[C@H](Cc1ccsc1)NC(=O)C1CCCCC1NC(=O)c1ccc(Cl)cc1. The van der Waals surface area contributed by atoms with Crippen LogP contribution in [-0.4, -0.2) is 24.0 Å². The van der Waals surface area contributed by atoms with Gasteiger partial charge in [-0.05, 0) is 59.5 Å². The summed E-state index contributed by atoms with van der Waals surface area (Å²) in [4.78, 5) is 25.3. The van der Waals surface area contributed by atoms with Crippen molar-refractivity contribution in [3.63, 3.8) is 0 Å². The molecule has 1 aromatic heterocycles. The van der Waals surface area contributed by atoms with Crippen molar-refractivity contribution in [3.05, 3.63) is 57.2 Å². The van der Waals surface area contributed by atoms with Crippen molar-refractivity contribution in [2.24, 2.45) is 11.7 Å². The first-order valence-corrected chi connectivity index (χ1v) is 10.5. The van der Waals surface area contributed by atoms with Gasteiger partial charge in [-0.25, -0.2) is 0 Å². The third-order valence-corrected chi connectivity index (χ3v) is 5.87. The largest absolute Gasteiger partial charge is 0.349 e. The van der Waals surface area contributed by atoms with Gasteiger partial charge in [0.25, 0.3) is 5.91 Å². The lowest BCUT2D eigenvalue weighted by Gasteiger charge is -2.32. The summed E-state index contributed by atoms with van der Waals surface area (Å²) in [6, 6.07) is 8.57. The van der Waals surface area contributed by atoms with Gasteiger partial charge in [-0.15, -0.1) is 0 Å². The first kappa shape index (κ1) is 19.9. The molecule has 4 N–H and O–H groups in total. The molecule has 2 amide bonds. The number of halogens is 1. The number of amides is 2. The molecule has 144 valence electrons. The lowest BCUT2D eigenvalue weighted by molar-refractivity contribution is -0.127. The molecule has 27 heavy (non-hydrogen) atoms. The van der Waals surface area contributed by atoms with Gasteiger partial charge in [-0.2, -0.15) is 11.3 Å². The van der Waals surface area contributed by atoms with Gasteiger partial charge >= 0.3 is 0 Å². The summed E-state index contributed by atoms with van der Waals surface area (Å²) in [5, 5.41) is 10.5. The van der Waals surface area contributed by atoms with E-state index in [0.717, 1.165) is 31.2 Å². The third-order valence-electron chi connectivity index (χ3n) is 4.89. The Balaban J connectivity index is 1.59. The number of benzene rings is 1. The van der Waals surface area contributed by atoms with Crippen LogP contribution in [0.4, 0.5) is 0 Å². The van der Waals surface area contributed by atoms with E-state index in [9.17, 15) is 9.59 Å². The molecule has 7 heteroatoms. The second-order valence-corrected chi connectivity index (χ2v) is 8.15. The highest BCUT2D eigenvalue weighted by atomic mass is 35.5. The summed E-state index contributed by atoms with van der Waals surface area (Å²) in [6.07, 6.45) is 3.69. The van der Waals surface area contributed by atoms with Crippen molar-refractivity contribution in [1.29, 1.82) is 0 Å². The van der Waals surface area contributed by atoms with E-state index in [4.69, 9.17) is 17.3 Å². The van der Waals surface area contributed by atoms with Crippen molar-refractivity contribution in [1.82, 2.24) is 10.6 Å². The molecule has 1 aromatic carbocycles. The highest BCUT2D eigenvalue weighted by Gasteiger charge is 2.32. The summed E-state index contributed by atoms with van der Waals surface area (Å²) >= 11 is 7.49. The first-order valence-electron chi connectivity index (χ1n) is 9.16. The number of carbonyl (C=O) groups excluding carboxylic acids is 2. The number of carbonyl (C=O) groups is 2. The number of rotatable bonds is 6. The molecule has 1 aliphatic rings. The fourth-order valence-electron chi connectivity index (χ4n) is 3.47. The van der Waals surface area contributed by atoms with Crippen molar-refractivity contribution >= 4 is 34.8 Å². The Bertz CT molecular complexity index is 764. The van der Waals surface area contributed by atoms with E-state index in [1.165, 1.54) is 0 Å². The minimum atomic E-state index is -0.429. The Labute approximate surface area is 168 Å². The molecule has 3 rings (SSSR count). The molecular weight excluding hydrogens is 382 g/mol. The first-order chi connectivity index (χ1) is 13.0. The van der Waals surface area contributed by atoms with Crippen LogP contribution >= 0.6 is 22.9 Å². The second-order valence-electron chi connectivity index (χ2n) is 6.93. The van der Waals surface area contributed by atoms with Gasteiger partial charge in [0.1, 0.15) is 0 Å². The topological polar surface area (TPSA) is 84.2 Å². The normalized spacial score (nSPS) is 20.7. The number of thiophene rings is 1. The van der Waals surface area contributed by atoms with Crippen LogP contribution in [0.1, 0.15) is 41.6 Å². The fourth-order valence-corrected chi connectivity index (χ4v) is 4.28. The van der Waals surface area contributed by atoms with E-state index in [0.29, 0.717) is 17.0 Å². The zero-order valence-corrected chi connectivity index (χ0v) is 16.6. The molecule has 0 aliphatic heterocycles. The van der Waals surface area contributed by atoms with Crippen LogP contribution in [-0.2, 0) is 11.2 Å². The van der Waals surface area contributed by atoms with Gasteiger partial charge < -0.3 is 16.4 Å². The zero-order valence-electron chi connectivity index (χ0n) is 15.0. The third kappa shape index (κ3) is 5.54. The average Bonchev–Trinajstić information content (AvgIpc) is 3.15. The van der Waals surface area contributed by atoms with Gasteiger partial charge in [0, 0.05) is 23.0 Å². The molecule has 3 atom stereocenters. The van der Waals surface area contributed by atoms with E-state index in [-0.39, 0.29) is 23.8 Å². The fraction of sp³-hybridized carbons (Fsp3) is 0.400. The molecule has 2 aromatic rings. The Morgan fingerprint density at radius 1 is 1.19 bits per heavy atom. The molecule has 0 bridgehead atoms. The van der Waals surface area contributed by atoms with Crippen molar-refractivity contribution in [3.8, 4) is 0 Å². The average molecular weight is 406 g/mol. The zero-order chi connectivity index (χ0) is 19.2. The van der Waals surface area contributed by atoms with Crippen LogP contribution in [0.5, 0.6) is 0 Å². The van der Waals surface area contributed by atoms with Crippen molar-refractivity contribution < 1.29 is 9.59 Å². The van der Waals surface area contributed by atoms with E-state index in [2.05, 4.69) is 10.6 Å². The predicted molar refractivity (Wildman–Crippen MR) is 109 cm³/mol. The summed E-state index contributed by atoms with van der Waals surface area (Å²) in [6.45, 7) is 0. The van der Waals surface area contributed by atoms with E-state index >= 15 is 0 Å². The van der Waals surface area contributed by atoms with Gasteiger partial charge in [0.05, 0.1) is 12.1 Å². The minimum Gasteiger partial charge on any atom is -0.349 e. The van der Waals surface area contributed by atoms with Crippen LogP contribution in [0.25, 0.3) is 0 Å². The van der Waals surface area contributed by atoms with E-state index in [1.807, 2.05) is 16.8 Å². The Morgan fingerprint density at radius 2 is 1.93 bits per heavy atom. The van der Waals surface area contributed by atoms with Crippen LogP contribution in [0.15, 0.2) is 41.1 Å². The Morgan fingerprint density at radius 3 is 2.63 bits per heavy atom. The number of nitrogens with one attached hydrogen (secondary N) is 2. The monoisotopic (exact) mass is 405 g/mol. The molecule has 0 spiro atoms. The van der Waals surface area contributed by atoms with Crippen molar-refractivity contribution in [2.75, 3.05) is 0 Å². The maximum absolute atomic E-state index is 12.8. The molecule has 1 heterocycles. The van der Waals surface area contributed by atoms with E-state index in [1.54, 1.807) is 35.6 Å². The summed E-state index contributed by atoms with van der Waals surface area (Å²) in [7, 11) is 0. The summed E-state index contributed by atoms with van der Waals surface area (Å²) in [5.74, 6) is -0.527. The molecule has 5 nitrogen and oxygen atoms in total. The van der Waals surface area contributed by atoms with Crippen LogP contribution in [0.2, 0.25) is 5.02 Å². The quantitative estimate of drug-likeness (QED) is 0.644. The number of hydrogen-bond acceptors (Lipinski definition) is 4. The molecule has 0 radical (unpaired) electrons. The molecule has 2 unspecified atom stereocenters. The summed E-state index contributed by atoms with van der Waals surface area (Å²) in [5.41, 5.74) is 7.75.